The number of alkyl halides is 3. The first kappa shape index (κ1) is 22.1. The molecular formula is C18H17F3N8OS. The van der Waals surface area contributed by atoms with Gasteiger partial charge in [0.25, 0.3) is 5.95 Å². The Bertz CT molecular complexity index is 1080. The van der Waals surface area contributed by atoms with Gasteiger partial charge in [0.1, 0.15) is 0 Å². The summed E-state index contributed by atoms with van der Waals surface area (Å²) in [6, 6.07) is 9.77. The molecule has 162 valence electrons. The molecule has 3 aromatic rings. The van der Waals surface area contributed by atoms with Crippen molar-refractivity contribution in [2.75, 3.05) is 22.3 Å². The molecule has 0 aliphatic heterocycles. The number of aromatic nitrogens is 4. The molecule has 0 spiro atoms. The van der Waals surface area contributed by atoms with Crippen LogP contribution < -0.4 is 16.6 Å². The summed E-state index contributed by atoms with van der Waals surface area (Å²) in [7, 11) is 0. The Morgan fingerprint density at radius 3 is 2.74 bits per heavy atom. The van der Waals surface area contributed by atoms with Crippen LogP contribution in [-0.2, 0) is 11.0 Å². The molecule has 0 atom stereocenters. The van der Waals surface area contributed by atoms with E-state index in [0.29, 0.717) is 11.4 Å². The first-order chi connectivity index (χ1) is 14.7. The second-order valence-corrected chi connectivity index (χ2v) is 7.06. The number of rotatable bonds is 7. The number of nitrogens with one attached hydrogen (secondary N) is 2. The zero-order valence-corrected chi connectivity index (χ0v) is 16.9. The highest BCUT2D eigenvalue weighted by molar-refractivity contribution is 7.99. The second kappa shape index (κ2) is 9.47. The molecule has 3 rings (SSSR count). The molecule has 0 saturated carbocycles. The number of benzene rings is 1. The van der Waals surface area contributed by atoms with E-state index in [1.807, 2.05) is 6.07 Å². The van der Waals surface area contributed by atoms with Crippen molar-refractivity contribution in [3.05, 3.63) is 59.9 Å². The van der Waals surface area contributed by atoms with Crippen LogP contribution in [-0.4, -0.2) is 37.2 Å². The van der Waals surface area contributed by atoms with Gasteiger partial charge in [-0.05, 0) is 37.3 Å². The van der Waals surface area contributed by atoms with Crippen LogP contribution in [0.5, 0.6) is 0 Å². The van der Waals surface area contributed by atoms with E-state index >= 15 is 0 Å². The monoisotopic (exact) mass is 450 g/mol. The van der Waals surface area contributed by atoms with E-state index in [0.717, 1.165) is 28.6 Å². The first-order valence-corrected chi connectivity index (χ1v) is 9.74. The van der Waals surface area contributed by atoms with Crippen molar-refractivity contribution in [2.45, 2.75) is 18.3 Å². The van der Waals surface area contributed by atoms with Gasteiger partial charge in [-0.2, -0.15) is 18.3 Å². The van der Waals surface area contributed by atoms with Crippen molar-refractivity contribution < 1.29 is 18.0 Å². The third-order valence-electron chi connectivity index (χ3n) is 3.83. The van der Waals surface area contributed by atoms with Gasteiger partial charge in [-0.1, -0.05) is 23.9 Å². The number of pyridine rings is 1. The molecule has 2 aromatic heterocycles. The van der Waals surface area contributed by atoms with Gasteiger partial charge in [-0.15, -0.1) is 10.2 Å². The summed E-state index contributed by atoms with van der Waals surface area (Å²) in [5.41, 5.74) is 3.12. The number of thioether (sulfide) groups is 1. The fourth-order valence-corrected chi connectivity index (χ4v) is 2.98. The number of anilines is 2. The minimum Gasteiger partial charge on any atom is -0.334 e. The Morgan fingerprint density at radius 2 is 2.03 bits per heavy atom. The van der Waals surface area contributed by atoms with Crippen molar-refractivity contribution >= 4 is 35.0 Å². The Kier molecular flexibility index (Phi) is 6.74. The Labute approximate surface area is 178 Å². The van der Waals surface area contributed by atoms with Gasteiger partial charge in [-0.25, -0.2) is 10.1 Å². The van der Waals surface area contributed by atoms with Crippen LogP contribution in [0, 0.1) is 0 Å². The molecule has 0 aliphatic rings. The summed E-state index contributed by atoms with van der Waals surface area (Å²) in [5, 5.41) is 14.5. The number of hydrazone groups is 1. The number of carbonyl (C=O) groups is 1. The Morgan fingerprint density at radius 1 is 1.23 bits per heavy atom. The molecule has 0 saturated heterocycles. The van der Waals surface area contributed by atoms with E-state index in [4.69, 9.17) is 5.84 Å². The molecule has 4 N–H and O–H groups in total. The predicted molar refractivity (Wildman–Crippen MR) is 111 cm³/mol. The SMILES string of the molecule is C/C(=N\Nc1nnc(SCC(=O)Nc2cccc(C(F)(F)F)c2)n1N)c1ccccn1. The molecule has 9 nitrogen and oxygen atoms in total. The third-order valence-corrected chi connectivity index (χ3v) is 4.77. The number of nitrogens with two attached hydrogens (primary N) is 1. The van der Waals surface area contributed by atoms with Crippen molar-refractivity contribution in [1.82, 2.24) is 19.9 Å². The summed E-state index contributed by atoms with van der Waals surface area (Å²) in [5.74, 6) is 5.38. The van der Waals surface area contributed by atoms with E-state index in [1.165, 1.54) is 12.1 Å². The predicted octanol–water partition coefficient (Wildman–Crippen LogP) is 2.97. The molecular weight excluding hydrogens is 433 g/mol. The summed E-state index contributed by atoms with van der Waals surface area (Å²) in [6.07, 6.45) is -2.86. The van der Waals surface area contributed by atoms with Gasteiger partial charge in [0.05, 0.1) is 22.7 Å². The molecule has 0 bridgehead atoms. The van der Waals surface area contributed by atoms with E-state index < -0.39 is 17.6 Å². The molecule has 0 radical (unpaired) electrons. The van der Waals surface area contributed by atoms with Crippen molar-refractivity contribution in [3.63, 3.8) is 0 Å². The lowest BCUT2D eigenvalue weighted by Gasteiger charge is -2.09. The molecule has 0 fully saturated rings. The molecule has 31 heavy (non-hydrogen) atoms. The van der Waals surface area contributed by atoms with Crippen molar-refractivity contribution in [2.24, 2.45) is 5.10 Å². The van der Waals surface area contributed by atoms with E-state index in [-0.39, 0.29) is 22.5 Å². The maximum atomic E-state index is 12.8. The number of nitrogen functional groups attached to an aromatic ring is 1. The van der Waals surface area contributed by atoms with Crippen molar-refractivity contribution in [3.8, 4) is 0 Å². The van der Waals surface area contributed by atoms with Crippen molar-refractivity contribution in [1.29, 1.82) is 0 Å². The molecule has 13 heteroatoms. The summed E-state index contributed by atoms with van der Waals surface area (Å²) in [6.45, 7) is 1.75. The van der Waals surface area contributed by atoms with Crippen LogP contribution in [0.15, 0.2) is 58.9 Å². The average Bonchev–Trinajstić information content (AvgIpc) is 3.10. The highest BCUT2D eigenvalue weighted by atomic mass is 32.2. The number of hydrogen-bond acceptors (Lipinski definition) is 8. The fourth-order valence-electron chi connectivity index (χ4n) is 2.32. The number of nitrogens with zero attached hydrogens (tertiary/aromatic N) is 5. The average molecular weight is 450 g/mol. The van der Waals surface area contributed by atoms with Crippen LogP contribution >= 0.6 is 11.8 Å². The van der Waals surface area contributed by atoms with E-state index in [1.54, 1.807) is 25.3 Å². The zero-order valence-electron chi connectivity index (χ0n) is 16.1. The van der Waals surface area contributed by atoms with E-state index in [2.05, 4.69) is 31.0 Å². The molecule has 1 aromatic carbocycles. The number of halogens is 3. The molecule has 0 unspecified atom stereocenters. The minimum atomic E-state index is -4.49. The van der Waals surface area contributed by atoms with Gasteiger partial charge >= 0.3 is 6.18 Å². The quantitative estimate of drug-likeness (QED) is 0.219. The van der Waals surface area contributed by atoms with Crippen LogP contribution in [0.1, 0.15) is 18.2 Å². The lowest BCUT2D eigenvalue weighted by molar-refractivity contribution is -0.137. The first-order valence-electron chi connectivity index (χ1n) is 8.76. The second-order valence-electron chi connectivity index (χ2n) is 6.12. The Balaban J connectivity index is 1.57. The van der Waals surface area contributed by atoms with Crippen LogP contribution in [0.25, 0.3) is 0 Å². The zero-order chi connectivity index (χ0) is 22.4. The maximum absolute atomic E-state index is 12.8. The highest BCUT2D eigenvalue weighted by Gasteiger charge is 2.30. The smallest absolute Gasteiger partial charge is 0.334 e. The van der Waals surface area contributed by atoms with Crippen LogP contribution in [0.2, 0.25) is 0 Å². The molecule has 1 amide bonds. The topological polar surface area (TPSA) is 123 Å². The molecule has 2 heterocycles. The lowest BCUT2D eigenvalue weighted by Crippen LogP contribution is -2.17. The minimum absolute atomic E-state index is 0.0383. The normalized spacial score (nSPS) is 11.9. The Hall–Kier alpha value is -3.61. The molecule has 0 aliphatic carbocycles. The largest absolute Gasteiger partial charge is 0.416 e. The van der Waals surface area contributed by atoms with Gasteiger partial charge < -0.3 is 11.2 Å². The fraction of sp³-hybridized carbons (Fsp3) is 0.167. The van der Waals surface area contributed by atoms with Crippen LogP contribution in [0.4, 0.5) is 24.8 Å². The summed E-state index contributed by atoms with van der Waals surface area (Å²) in [4.78, 5) is 16.2. The lowest BCUT2D eigenvalue weighted by atomic mass is 10.2. The van der Waals surface area contributed by atoms with Gasteiger partial charge in [0.2, 0.25) is 11.1 Å². The summed E-state index contributed by atoms with van der Waals surface area (Å²) < 4.78 is 39.4. The third kappa shape index (κ3) is 5.94. The number of carbonyl (C=O) groups excluding carboxylic acids is 1. The maximum Gasteiger partial charge on any atom is 0.416 e. The number of hydrogen-bond donors (Lipinski definition) is 3. The van der Waals surface area contributed by atoms with Gasteiger partial charge in [0, 0.05) is 11.9 Å². The summed E-state index contributed by atoms with van der Waals surface area (Å²) >= 11 is 0.965. The number of amides is 1. The van der Waals surface area contributed by atoms with E-state index in [9.17, 15) is 18.0 Å². The standard InChI is InChI=1S/C18H17F3N8OS/c1-11(14-7-2-3-8-23-14)25-26-16-27-28-17(29(16)22)31-10-15(30)24-13-6-4-5-12(9-13)18(19,20)21/h2-9H,10,22H2,1H3,(H,24,30)(H,26,27)/b25-11+. The van der Waals surface area contributed by atoms with Gasteiger partial charge in [0.15, 0.2) is 0 Å². The van der Waals surface area contributed by atoms with Gasteiger partial charge in [-0.3, -0.25) is 9.78 Å². The highest BCUT2D eigenvalue weighted by Crippen LogP contribution is 2.30. The van der Waals surface area contributed by atoms with Crippen LogP contribution in [0.3, 0.4) is 0 Å².